The standard InChI is InChI=1S/C22H27N3O3/c26-20-8-3-7-19(23-20)21(27)25-12-4-10-22(28,11-14-25)16-24-13-9-17-5-1-2-6-18(17)15-24/h1-3,5-8,28H,4,9-16H2,(H,23,26)/t22-/m1/s1. The maximum atomic E-state index is 12.7. The van der Waals surface area contributed by atoms with Gasteiger partial charge in [0.25, 0.3) is 5.91 Å². The molecule has 1 aromatic heterocycles. The van der Waals surface area contributed by atoms with Crippen molar-refractivity contribution in [1.29, 1.82) is 0 Å². The molecule has 2 aromatic rings. The minimum Gasteiger partial charge on any atom is -0.388 e. The summed E-state index contributed by atoms with van der Waals surface area (Å²) in [5.74, 6) is -0.172. The van der Waals surface area contributed by atoms with Crippen LogP contribution < -0.4 is 5.56 Å². The summed E-state index contributed by atoms with van der Waals surface area (Å²) in [6.45, 7) is 3.54. The van der Waals surface area contributed by atoms with Crippen LogP contribution in [-0.2, 0) is 13.0 Å². The SMILES string of the molecule is O=C(c1cccc(=O)[nH]1)N1CCC[C@](O)(CN2CCc3ccccc3C2)CC1. The van der Waals surface area contributed by atoms with Gasteiger partial charge in [0.05, 0.1) is 5.60 Å². The summed E-state index contributed by atoms with van der Waals surface area (Å²) in [6.07, 6.45) is 3.00. The number of carbonyl (C=O) groups excluding carboxylic acids is 1. The third-order valence-corrected chi connectivity index (χ3v) is 5.93. The first-order valence-electron chi connectivity index (χ1n) is 10.0. The molecule has 28 heavy (non-hydrogen) atoms. The van der Waals surface area contributed by atoms with Crippen LogP contribution in [0.15, 0.2) is 47.3 Å². The van der Waals surface area contributed by atoms with Crippen LogP contribution in [0, 0.1) is 0 Å². The lowest BCUT2D eigenvalue weighted by atomic mass is 9.92. The predicted octanol–water partition coefficient (Wildman–Crippen LogP) is 1.79. The van der Waals surface area contributed by atoms with Crippen molar-refractivity contribution in [1.82, 2.24) is 14.8 Å². The van der Waals surface area contributed by atoms with Gasteiger partial charge in [-0.2, -0.15) is 0 Å². The fraction of sp³-hybridized carbons (Fsp3) is 0.455. The molecule has 2 aliphatic rings. The molecule has 0 aliphatic carbocycles. The average Bonchev–Trinajstić information content (AvgIpc) is 2.89. The fourth-order valence-electron chi connectivity index (χ4n) is 4.39. The molecule has 1 saturated heterocycles. The number of hydrogen-bond acceptors (Lipinski definition) is 4. The van der Waals surface area contributed by atoms with E-state index in [-0.39, 0.29) is 11.5 Å². The van der Waals surface area contributed by atoms with E-state index in [4.69, 9.17) is 0 Å². The van der Waals surface area contributed by atoms with Gasteiger partial charge in [-0.05, 0) is 42.9 Å². The summed E-state index contributed by atoms with van der Waals surface area (Å²) < 4.78 is 0. The number of nitrogens with one attached hydrogen (secondary N) is 1. The molecule has 0 unspecified atom stereocenters. The van der Waals surface area contributed by atoms with Gasteiger partial charge in [0, 0.05) is 38.8 Å². The number of H-pyrrole nitrogens is 1. The van der Waals surface area contributed by atoms with Crippen LogP contribution in [0.1, 0.15) is 40.9 Å². The van der Waals surface area contributed by atoms with Gasteiger partial charge in [0.15, 0.2) is 0 Å². The Morgan fingerprint density at radius 2 is 1.86 bits per heavy atom. The van der Waals surface area contributed by atoms with Gasteiger partial charge in [-0.15, -0.1) is 0 Å². The quantitative estimate of drug-likeness (QED) is 0.850. The number of nitrogens with zero attached hydrogens (tertiary/aromatic N) is 2. The molecule has 0 radical (unpaired) electrons. The normalized spacial score (nSPS) is 23.1. The minimum absolute atomic E-state index is 0.172. The zero-order valence-corrected chi connectivity index (χ0v) is 16.1. The number of β-amino-alcohol motifs (C(OH)–C–C–N with tert-alkyl or cyclic N) is 1. The lowest BCUT2D eigenvalue weighted by molar-refractivity contribution is -0.0118. The monoisotopic (exact) mass is 381 g/mol. The largest absolute Gasteiger partial charge is 0.388 e. The number of fused-ring (bicyclic) bond motifs is 1. The lowest BCUT2D eigenvalue weighted by Gasteiger charge is -2.36. The van der Waals surface area contributed by atoms with Crippen LogP contribution in [0.2, 0.25) is 0 Å². The number of likely N-dealkylation sites (tertiary alicyclic amines) is 1. The highest BCUT2D eigenvalue weighted by Gasteiger charge is 2.34. The summed E-state index contributed by atoms with van der Waals surface area (Å²) in [7, 11) is 0. The maximum Gasteiger partial charge on any atom is 0.270 e. The zero-order chi connectivity index (χ0) is 19.6. The smallest absolute Gasteiger partial charge is 0.270 e. The molecule has 0 saturated carbocycles. The first-order chi connectivity index (χ1) is 13.5. The van der Waals surface area contributed by atoms with E-state index < -0.39 is 5.60 Å². The highest BCUT2D eigenvalue weighted by Crippen LogP contribution is 2.27. The molecule has 2 N–H and O–H groups in total. The Labute approximate surface area is 164 Å². The molecule has 0 bridgehead atoms. The van der Waals surface area contributed by atoms with E-state index in [1.807, 2.05) is 0 Å². The van der Waals surface area contributed by atoms with Crippen molar-refractivity contribution in [2.24, 2.45) is 0 Å². The molecule has 1 aromatic carbocycles. The maximum absolute atomic E-state index is 12.7. The molecule has 1 fully saturated rings. The van der Waals surface area contributed by atoms with Crippen molar-refractivity contribution in [3.63, 3.8) is 0 Å². The second kappa shape index (κ2) is 7.89. The number of rotatable bonds is 3. The molecule has 2 aliphatic heterocycles. The summed E-state index contributed by atoms with van der Waals surface area (Å²) in [5.41, 5.74) is 2.00. The number of aliphatic hydroxyl groups is 1. The van der Waals surface area contributed by atoms with Gasteiger partial charge in [-0.25, -0.2) is 0 Å². The van der Waals surface area contributed by atoms with Crippen molar-refractivity contribution in [3.8, 4) is 0 Å². The molecule has 0 spiro atoms. The molecule has 6 nitrogen and oxygen atoms in total. The van der Waals surface area contributed by atoms with E-state index in [1.54, 1.807) is 17.0 Å². The Bertz CT molecular complexity index is 910. The van der Waals surface area contributed by atoms with Crippen molar-refractivity contribution >= 4 is 5.91 Å². The van der Waals surface area contributed by atoms with Crippen molar-refractivity contribution in [3.05, 3.63) is 69.6 Å². The Hall–Kier alpha value is -2.44. The van der Waals surface area contributed by atoms with Gasteiger partial charge in [0.2, 0.25) is 5.56 Å². The molecular formula is C22H27N3O3. The van der Waals surface area contributed by atoms with Gasteiger partial charge in [-0.1, -0.05) is 30.3 Å². The highest BCUT2D eigenvalue weighted by atomic mass is 16.3. The van der Waals surface area contributed by atoms with Gasteiger partial charge >= 0.3 is 0 Å². The Morgan fingerprint density at radius 1 is 1.04 bits per heavy atom. The second-order valence-electron chi connectivity index (χ2n) is 8.03. The van der Waals surface area contributed by atoms with Crippen molar-refractivity contribution < 1.29 is 9.90 Å². The van der Waals surface area contributed by atoms with Crippen LogP contribution >= 0.6 is 0 Å². The average molecular weight is 381 g/mol. The van der Waals surface area contributed by atoms with Gasteiger partial charge in [-0.3, -0.25) is 14.5 Å². The Balaban J connectivity index is 1.39. The third kappa shape index (κ3) is 4.18. The van der Waals surface area contributed by atoms with E-state index in [1.165, 1.54) is 17.2 Å². The summed E-state index contributed by atoms with van der Waals surface area (Å²) in [4.78, 5) is 30.9. The number of amides is 1. The van der Waals surface area contributed by atoms with Crippen LogP contribution in [0.25, 0.3) is 0 Å². The van der Waals surface area contributed by atoms with Crippen LogP contribution in [0.3, 0.4) is 0 Å². The fourth-order valence-corrected chi connectivity index (χ4v) is 4.39. The van der Waals surface area contributed by atoms with E-state index in [9.17, 15) is 14.7 Å². The number of aromatic amines is 1. The van der Waals surface area contributed by atoms with Crippen molar-refractivity contribution in [2.45, 2.75) is 37.8 Å². The topological polar surface area (TPSA) is 76.6 Å². The van der Waals surface area contributed by atoms with Crippen LogP contribution in [-0.4, -0.2) is 57.6 Å². The van der Waals surface area contributed by atoms with Crippen LogP contribution in [0.4, 0.5) is 0 Å². The molecule has 4 rings (SSSR count). The Morgan fingerprint density at radius 3 is 2.68 bits per heavy atom. The number of aromatic nitrogens is 1. The van der Waals surface area contributed by atoms with Crippen LogP contribution in [0.5, 0.6) is 0 Å². The predicted molar refractivity (Wildman–Crippen MR) is 107 cm³/mol. The zero-order valence-electron chi connectivity index (χ0n) is 16.1. The summed E-state index contributed by atoms with van der Waals surface area (Å²) in [5, 5.41) is 11.2. The third-order valence-electron chi connectivity index (χ3n) is 5.93. The first kappa shape index (κ1) is 18.9. The summed E-state index contributed by atoms with van der Waals surface area (Å²) in [6, 6.07) is 13.1. The van der Waals surface area contributed by atoms with E-state index in [2.05, 4.69) is 34.1 Å². The molecule has 3 heterocycles. The molecule has 1 atom stereocenters. The van der Waals surface area contributed by atoms with E-state index >= 15 is 0 Å². The number of carbonyl (C=O) groups is 1. The number of pyridine rings is 1. The van der Waals surface area contributed by atoms with Gasteiger partial charge < -0.3 is 15.0 Å². The first-order valence-corrected chi connectivity index (χ1v) is 10.0. The number of benzene rings is 1. The molecule has 6 heteroatoms. The number of hydrogen-bond donors (Lipinski definition) is 2. The molecule has 148 valence electrons. The lowest BCUT2D eigenvalue weighted by Crippen LogP contribution is -2.45. The Kier molecular flexibility index (Phi) is 5.33. The summed E-state index contributed by atoms with van der Waals surface area (Å²) >= 11 is 0. The minimum atomic E-state index is -0.786. The molecular weight excluding hydrogens is 354 g/mol. The van der Waals surface area contributed by atoms with E-state index in [0.717, 1.165) is 25.9 Å². The van der Waals surface area contributed by atoms with E-state index in [0.29, 0.717) is 38.2 Å². The molecule has 1 amide bonds. The van der Waals surface area contributed by atoms with Gasteiger partial charge in [0.1, 0.15) is 5.69 Å². The second-order valence-corrected chi connectivity index (χ2v) is 8.03. The highest BCUT2D eigenvalue weighted by molar-refractivity contribution is 5.92. The van der Waals surface area contributed by atoms with Crippen molar-refractivity contribution in [2.75, 3.05) is 26.2 Å².